The van der Waals surface area contributed by atoms with Crippen molar-refractivity contribution >= 4 is 40.2 Å². The van der Waals surface area contributed by atoms with E-state index < -0.39 is 64.4 Å². The van der Waals surface area contributed by atoms with E-state index in [1.54, 1.807) is 38.1 Å². The van der Waals surface area contributed by atoms with E-state index in [1.807, 2.05) is 0 Å². The van der Waals surface area contributed by atoms with E-state index in [1.165, 1.54) is 31.4 Å². The number of ether oxygens (including phenoxy) is 2. The van der Waals surface area contributed by atoms with Gasteiger partial charge in [0.15, 0.2) is 0 Å². The molecular weight excluding hydrogens is 517 g/mol. The molecular formula is C26H32FN3O7S. The third-order valence-corrected chi connectivity index (χ3v) is 6.47. The molecule has 0 fully saturated rings. The number of halogens is 1. The molecule has 2 atom stereocenters. The van der Waals surface area contributed by atoms with E-state index in [4.69, 9.17) is 9.47 Å². The second-order valence-electron chi connectivity index (χ2n) is 8.10. The van der Waals surface area contributed by atoms with Crippen LogP contribution in [0.5, 0.6) is 5.75 Å². The summed E-state index contributed by atoms with van der Waals surface area (Å²) in [6.07, 6.45) is 0.158. The van der Waals surface area contributed by atoms with E-state index in [9.17, 15) is 27.8 Å². The highest BCUT2D eigenvalue weighted by atomic mass is 32.2. The number of benzene rings is 2. The van der Waals surface area contributed by atoms with Crippen LogP contribution in [0.2, 0.25) is 0 Å². The Hall–Kier alpha value is -3.80. The van der Waals surface area contributed by atoms with Gasteiger partial charge in [0, 0.05) is 23.0 Å². The lowest BCUT2D eigenvalue weighted by Crippen LogP contribution is -2.52. The van der Waals surface area contributed by atoms with Gasteiger partial charge in [-0.15, -0.1) is 0 Å². The van der Waals surface area contributed by atoms with Crippen molar-refractivity contribution in [3.05, 3.63) is 59.9 Å². The fraction of sp³-hybridized carbons (Fsp3) is 0.385. The van der Waals surface area contributed by atoms with Crippen LogP contribution in [-0.2, 0) is 41.3 Å². The van der Waals surface area contributed by atoms with Gasteiger partial charge in [-0.25, -0.2) is 4.39 Å². The van der Waals surface area contributed by atoms with Gasteiger partial charge >= 0.3 is 5.97 Å². The lowest BCUT2D eigenvalue weighted by molar-refractivity contribution is -0.151. The first kappa shape index (κ1) is 30.4. The quantitative estimate of drug-likeness (QED) is 0.345. The van der Waals surface area contributed by atoms with Crippen molar-refractivity contribution in [3.63, 3.8) is 0 Å². The summed E-state index contributed by atoms with van der Waals surface area (Å²) in [5.74, 6) is -3.42. The normalized spacial score (nSPS) is 12.1. The maximum atomic E-state index is 13.1. The number of hydrogen-bond acceptors (Lipinski definition) is 7. The fourth-order valence-electron chi connectivity index (χ4n) is 3.46. The summed E-state index contributed by atoms with van der Waals surface area (Å²) in [4.78, 5) is 51.5. The van der Waals surface area contributed by atoms with E-state index in [0.717, 1.165) is 4.90 Å². The summed E-state index contributed by atoms with van der Waals surface area (Å²) >= 11 is 0. The predicted octanol–water partition coefficient (Wildman–Crippen LogP) is 2.01. The summed E-state index contributed by atoms with van der Waals surface area (Å²) in [6.45, 7) is 2.89. The standard InChI is InChI=1S/C26H32FN3O7S/c1-4-22(26(34)28-14-18-6-8-19(27)9-7-18)30(15-25(33)37-5-2)24(32)17-38(35)16-23(31)29-20-10-12-21(36-3)13-11-20/h6-13,22H,4-5,14-17H2,1-3H3,(H,28,34)(H,29,31)/t22-,38-/m1/s1. The Kier molecular flexibility index (Phi) is 12.4. The molecule has 0 aliphatic carbocycles. The molecule has 2 rings (SSSR count). The third kappa shape index (κ3) is 9.92. The molecule has 0 saturated carbocycles. The average molecular weight is 550 g/mol. The second kappa shape index (κ2) is 15.5. The first-order valence-electron chi connectivity index (χ1n) is 11.9. The van der Waals surface area contributed by atoms with Crippen molar-refractivity contribution in [3.8, 4) is 5.75 Å². The number of hydrogen-bond donors (Lipinski definition) is 2. The molecule has 2 aromatic carbocycles. The zero-order chi connectivity index (χ0) is 28.1. The average Bonchev–Trinajstić information content (AvgIpc) is 2.88. The van der Waals surface area contributed by atoms with E-state index in [2.05, 4.69) is 10.6 Å². The van der Waals surface area contributed by atoms with Gasteiger partial charge in [-0.05, 0) is 55.3 Å². The van der Waals surface area contributed by atoms with Crippen LogP contribution >= 0.6 is 0 Å². The Labute approximate surface area is 223 Å². The predicted molar refractivity (Wildman–Crippen MR) is 140 cm³/mol. The molecule has 0 unspecified atom stereocenters. The Morgan fingerprint density at radius 1 is 1.00 bits per heavy atom. The van der Waals surface area contributed by atoms with Gasteiger partial charge < -0.3 is 25.0 Å². The number of nitrogens with one attached hydrogen (secondary N) is 2. The Balaban J connectivity index is 2.04. The molecule has 0 radical (unpaired) electrons. The number of carbonyl (C=O) groups excluding carboxylic acids is 4. The zero-order valence-corrected chi connectivity index (χ0v) is 22.3. The zero-order valence-electron chi connectivity index (χ0n) is 21.5. The molecule has 0 heterocycles. The molecule has 0 bridgehead atoms. The number of esters is 1. The molecule has 2 N–H and O–H groups in total. The van der Waals surface area contributed by atoms with Crippen LogP contribution in [0.15, 0.2) is 48.5 Å². The van der Waals surface area contributed by atoms with Crippen LogP contribution < -0.4 is 15.4 Å². The van der Waals surface area contributed by atoms with E-state index in [0.29, 0.717) is 17.0 Å². The van der Waals surface area contributed by atoms with Gasteiger partial charge in [0.25, 0.3) is 0 Å². The summed E-state index contributed by atoms with van der Waals surface area (Å²) < 4.78 is 35.8. The maximum absolute atomic E-state index is 13.1. The fourth-order valence-corrected chi connectivity index (χ4v) is 4.37. The van der Waals surface area contributed by atoms with Gasteiger partial charge in [0.1, 0.15) is 35.7 Å². The molecule has 10 nitrogen and oxygen atoms in total. The van der Waals surface area contributed by atoms with Gasteiger partial charge in [0.05, 0.1) is 13.7 Å². The molecule has 12 heteroatoms. The van der Waals surface area contributed by atoms with Gasteiger partial charge in [-0.3, -0.25) is 23.4 Å². The van der Waals surface area contributed by atoms with Crippen LogP contribution in [0, 0.1) is 5.82 Å². The summed E-state index contributed by atoms with van der Waals surface area (Å²) in [5, 5.41) is 5.26. The number of rotatable bonds is 14. The molecule has 0 aliphatic heterocycles. The van der Waals surface area contributed by atoms with Crippen molar-refractivity contribution in [2.75, 3.05) is 37.1 Å². The molecule has 2 aromatic rings. The summed E-state index contributed by atoms with van der Waals surface area (Å²) in [7, 11) is -0.403. The minimum atomic E-state index is -1.91. The van der Waals surface area contributed by atoms with Gasteiger partial charge in [0.2, 0.25) is 17.7 Å². The highest BCUT2D eigenvalue weighted by Gasteiger charge is 2.31. The molecule has 0 aromatic heterocycles. The lowest BCUT2D eigenvalue weighted by Gasteiger charge is -2.29. The van der Waals surface area contributed by atoms with E-state index >= 15 is 0 Å². The molecule has 0 saturated heterocycles. The summed E-state index contributed by atoms with van der Waals surface area (Å²) in [5.41, 5.74) is 1.11. The SMILES string of the molecule is CCOC(=O)CN(C(=O)C[S@](=O)CC(=O)Nc1ccc(OC)cc1)[C@H](CC)C(=O)NCc1ccc(F)cc1. The summed E-state index contributed by atoms with van der Waals surface area (Å²) in [6, 6.07) is 11.0. The Bertz CT molecular complexity index is 1130. The highest BCUT2D eigenvalue weighted by Crippen LogP contribution is 2.15. The number of amides is 3. The third-order valence-electron chi connectivity index (χ3n) is 5.32. The molecule has 38 heavy (non-hydrogen) atoms. The van der Waals surface area contributed by atoms with Crippen LogP contribution in [0.4, 0.5) is 10.1 Å². The van der Waals surface area contributed by atoms with E-state index in [-0.39, 0.29) is 19.6 Å². The van der Waals surface area contributed by atoms with Crippen molar-refractivity contribution < 1.29 is 37.3 Å². The number of anilines is 1. The number of nitrogens with zero attached hydrogens (tertiary/aromatic N) is 1. The van der Waals surface area contributed by atoms with Crippen LogP contribution in [-0.4, -0.2) is 70.6 Å². The van der Waals surface area contributed by atoms with Crippen molar-refractivity contribution in [1.29, 1.82) is 0 Å². The monoisotopic (exact) mass is 549 g/mol. The van der Waals surface area contributed by atoms with Gasteiger partial charge in [-0.2, -0.15) is 0 Å². The highest BCUT2D eigenvalue weighted by molar-refractivity contribution is 7.86. The Morgan fingerprint density at radius 2 is 1.66 bits per heavy atom. The maximum Gasteiger partial charge on any atom is 0.325 e. The van der Waals surface area contributed by atoms with Gasteiger partial charge in [-0.1, -0.05) is 19.1 Å². The van der Waals surface area contributed by atoms with Crippen molar-refractivity contribution in [2.24, 2.45) is 0 Å². The minimum absolute atomic E-state index is 0.0753. The lowest BCUT2D eigenvalue weighted by atomic mass is 10.1. The molecule has 0 spiro atoms. The molecule has 206 valence electrons. The second-order valence-corrected chi connectivity index (χ2v) is 9.56. The minimum Gasteiger partial charge on any atom is -0.497 e. The Morgan fingerprint density at radius 3 is 2.24 bits per heavy atom. The van der Waals surface area contributed by atoms with Crippen LogP contribution in [0.3, 0.4) is 0 Å². The number of carbonyl (C=O) groups is 4. The smallest absolute Gasteiger partial charge is 0.325 e. The van der Waals surface area contributed by atoms with Crippen molar-refractivity contribution in [2.45, 2.75) is 32.9 Å². The van der Waals surface area contributed by atoms with Crippen LogP contribution in [0.1, 0.15) is 25.8 Å². The topological polar surface area (TPSA) is 131 Å². The molecule has 3 amide bonds. The first-order valence-corrected chi connectivity index (χ1v) is 13.4. The van der Waals surface area contributed by atoms with Crippen LogP contribution in [0.25, 0.3) is 0 Å². The van der Waals surface area contributed by atoms with Crippen molar-refractivity contribution in [1.82, 2.24) is 10.2 Å². The first-order chi connectivity index (χ1) is 18.2. The largest absolute Gasteiger partial charge is 0.497 e. The number of methoxy groups -OCH3 is 1. The molecule has 0 aliphatic rings.